The molecule has 0 aliphatic rings. The van der Waals surface area contributed by atoms with Gasteiger partial charge < -0.3 is 5.11 Å². The first kappa shape index (κ1) is 11.6. The number of carbonyl (C=O) groups excluding carboxylic acids is 1. The molecule has 0 aromatic carbocycles. The Bertz CT molecular complexity index is 141. The summed E-state index contributed by atoms with van der Waals surface area (Å²) in [7, 11) is 0. The van der Waals surface area contributed by atoms with E-state index in [1.54, 1.807) is 0 Å². The molecule has 72 valence electrons. The highest BCUT2D eigenvalue weighted by atomic mass is 16.3. The number of rotatable bonds is 5. The lowest BCUT2D eigenvalue weighted by molar-refractivity contribution is -0.119. The zero-order chi connectivity index (χ0) is 9.72. The van der Waals surface area contributed by atoms with E-state index in [0.717, 1.165) is 6.42 Å². The quantitative estimate of drug-likeness (QED) is 0.688. The Morgan fingerprint density at radius 1 is 1.33 bits per heavy atom. The van der Waals surface area contributed by atoms with Crippen LogP contribution >= 0.6 is 0 Å². The predicted molar refractivity (Wildman–Crippen MR) is 49.9 cm³/mol. The number of hydrogen-bond donors (Lipinski definition) is 1. The molecule has 2 nitrogen and oxygen atoms in total. The molecular formula is C10H20O2. The van der Waals surface area contributed by atoms with Gasteiger partial charge in [0.1, 0.15) is 5.78 Å². The maximum Gasteiger partial charge on any atom is 0.132 e. The molecule has 1 N–H and O–H groups in total. The number of aliphatic hydroxyl groups excluding tert-OH is 1. The zero-order valence-corrected chi connectivity index (χ0v) is 8.50. The highest BCUT2D eigenvalue weighted by Crippen LogP contribution is 2.16. The van der Waals surface area contributed by atoms with E-state index in [2.05, 4.69) is 13.8 Å². The Kier molecular flexibility index (Phi) is 5.14. The van der Waals surface area contributed by atoms with Gasteiger partial charge in [0.2, 0.25) is 0 Å². The molecule has 0 bridgehead atoms. The van der Waals surface area contributed by atoms with Crippen LogP contribution in [-0.4, -0.2) is 17.0 Å². The summed E-state index contributed by atoms with van der Waals surface area (Å²) in [4.78, 5) is 10.7. The first-order valence-corrected chi connectivity index (χ1v) is 4.61. The second-order valence-electron chi connectivity index (χ2n) is 4.08. The fraction of sp³-hybridized carbons (Fsp3) is 0.900. The van der Waals surface area contributed by atoms with Crippen molar-refractivity contribution >= 4 is 5.78 Å². The Morgan fingerprint density at radius 2 is 1.83 bits per heavy atom. The van der Waals surface area contributed by atoms with Crippen LogP contribution in [0.3, 0.4) is 0 Å². The minimum Gasteiger partial charge on any atom is -0.392 e. The molecular weight excluding hydrogens is 152 g/mol. The average Bonchev–Trinajstić information content (AvgIpc) is 1.84. The van der Waals surface area contributed by atoms with E-state index in [1.807, 2.05) is 6.92 Å². The van der Waals surface area contributed by atoms with Crippen molar-refractivity contribution in [1.82, 2.24) is 0 Å². The largest absolute Gasteiger partial charge is 0.392 e. The van der Waals surface area contributed by atoms with E-state index in [-0.39, 0.29) is 11.7 Å². The lowest BCUT2D eigenvalue weighted by atomic mass is 9.91. The molecule has 0 rings (SSSR count). The first-order valence-electron chi connectivity index (χ1n) is 4.61. The van der Waals surface area contributed by atoms with Crippen molar-refractivity contribution in [3.8, 4) is 0 Å². The van der Waals surface area contributed by atoms with Gasteiger partial charge in [0.05, 0.1) is 6.10 Å². The smallest absolute Gasteiger partial charge is 0.132 e. The standard InChI is InChI=1S/C10H20O2/c1-7(2)5-8(3)10(12)6-9(4)11/h7-8,10,12H,5-6H2,1-4H3. The molecule has 0 aliphatic heterocycles. The van der Waals surface area contributed by atoms with Gasteiger partial charge in [-0.3, -0.25) is 4.79 Å². The normalized spacial score (nSPS) is 16.2. The van der Waals surface area contributed by atoms with Crippen LogP contribution in [0.5, 0.6) is 0 Å². The van der Waals surface area contributed by atoms with E-state index in [4.69, 9.17) is 0 Å². The van der Waals surface area contributed by atoms with Crippen LogP contribution < -0.4 is 0 Å². The van der Waals surface area contributed by atoms with Crippen molar-refractivity contribution in [2.75, 3.05) is 0 Å². The van der Waals surface area contributed by atoms with Crippen molar-refractivity contribution in [3.63, 3.8) is 0 Å². The minimum absolute atomic E-state index is 0.0677. The van der Waals surface area contributed by atoms with E-state index < -0.39 is 6.10 Å². The van der Waals surface area contributed by atoms with E-state index in [0.29, 0.717) is 12.3 Å². The lowest BCUT2D eigenvalue weighted by Gasteiger charge is -2.19. The molecule has 0 saturated heterocycles. The second kappa shape index (κ2) is 5.31. The summed E-state index contributed by atoms with van der Waals surface area (Å²) in [5.41, 5.74) is 0. The van der Waals surface area contributed by atoms with Gasteiger partial charge in [0.15, 0.2) is 0 Å². The molecule has 12 heavy (non-hydrogen) atoms. The number of carbonyl (C=O) groups is 1. The third-order valence-corrected chi connectivity index (χ3v) is 2.00. The summed E-state index contributed by atoms with van der Waals surface area (Å²) < 4.78 is 0. The molecule has 0 aliphatic carbocycles. The number of hydrogen-bond acceptors (Lipinski definition) is 2. The van der Waals surface area contributed by atoms with Gasteiger partial charge in [-0.15, -0.1) is 0 Å². The van der Waals surface area contributed by atoms with Crippen molar-refractivity contribution in [2.24, 2.45) is 11.8 Å². The summed E-state index contributed by atoms with van der Waals surface area (Å²) in [5, 5.41) is 9.52. The van der Waals surface area contributed by atoms with Crippen LogP contribution in [0.4, 0.5) is 0 Å². The van der Waals surface area contributed by atoms with Gasteiger partial charge in [-0.05, 0) is 25.2 Å². The van der Waals surface area contributed by atoms with E-state index >= 15 is 0 Å². The van der Waals surface area contributed by atoms with Crippen LogP contribution in [0.1, 0.15) is 40.5 Å². The average molecular weight is 172 g/mol. The third-order valence-electron chi connectivity index (χ3n) is 2.00. The topological polar surface area (TPSA) is 37.3 Å². The molecule has 2 heteroatoms. The number of Topliss-reactive ketones (excluding diaryl/α,β-unsaturated/α-hetero) is 1. The lowest BCUT2D eigenvalue weighted by Crippen LogP contribution is -2.21. The molecule has 2 atom stereocenters. The summed E-state index contributed by atoms with van der Waals surface area (Å²) in [6.07, 6.45) is 0.826. The van der Waals surface area contributed by atoms with Gasteiger partial charge in [0.25, 0.3) is 0 Å². The number of ketones is 1. The fourth-order valence-electron chi connectivity index (χ4n) is 1.40. The molecule has 0 aromatic heterocycles. The number of aliphatic hydroxyl groups is 1. The third kappa shape index (κ3) is 5.30. The predicted octanol–water partition coefficient (Wildman–Crippen LogP) is 2.01. The monoisotopic (exact) mass is 172 g/mol. The maximum atomic E-state index is 10.7. The summed E-state index contributed by atoms with van der Waals surface area (Å²) in [6, 6.07) is 0. The van der Waals surface area contributed by atoms with Crippen LogP contribution in [0, 0.1) is 11.8 Å². The summed E-state index contributed by atoms with van der Waals surface area (Å²) >= 11 is 0. The molecule has 0 aromatic rings. The van der Waals surface area contributed by atoms with Crippen LogP contribution in [0.15, 0.2) is 0 Å². The Morgan fingerprint density at radius 3 is 2.17 bits per heavy atom. The van der Waals surface area contributed by atoms with Crippen LogP contribution in [-0.2, 0) is 4.79 Å². The minimum atomic E-state index is -0.454. The van der Waals surface area contributed by atoms with Crippen LogP contribution in [0.25, 0.3) is 0 Å². The molecule has 0 fully saturated rings. The van der Waals surface area contributed by atoms with Gasteiger partial charge in [0, 0.05) is 6.42 Å². The van der Waals surface area contributed by atoms with Gasteiger partial charge in [-0.25, -0.2) is 0 Å². The Hall–Kier alpha value is -0.370. The molecule has 0 spiro atoms. The summed E-state index contributed by atoms with van der Waals surface area (Å²) in [5.74, 6) is 0.883. The Balaban J connectivity index is 3.76. The van der Waals surface area contributed by atoms with Crippen molar-refractivity contribution in [2.45, 2.75) is 46.6 Å². The SMILES string of the molecule is CC(=O)CC(O)C(C)CC(C)C. The van der Waals surface area contributed by atoms with Gasteiger partial charge in [-0.2, -0.15) is 0 Å². The second-order valence-corrected chi connectivity index (χ2v) is 4.08. The van der Waals surface area contributed by atoms with Crippen molar-refractivity contribution in [3.05, 3.63) is 0 Å². The zero-order valence-electron chi connectivity index (χ0n) is 8.50. The molecule has 0 saturated carbocycles. The van der Waals surface area contributed by atoms with Crippen LogP contribution in [0.2, 0.25) is 0 Å². The van der Waals surface area contributed by atoms with Crippen molar-refractivity contribution < 1.29 is 9.90 Å². The summed E-state index contributed by atoms with van der Waals surface area (Å²) in [6.45, 7) is 7.76. The van der Waals surface area contributed by atoms with E-state index in [9.17, 15) is 9.90 Å². The first-order chi connectivity index (χ1) is 5.43. The Labute approximate surface area is 75.0 Å². The highest BCUT2D eigenvalue weighted by Gasteiger charge is 2.16. The molecule has 0 radical (unpaired) electrons. The van der Waals surface area contributed by atoms with E-state index in [1.165, 1.54) is 6.92 Å². The maximum absolute atomic E-state index is 10.7. The van der Waals surface area contributed by atoms with Gasteiger partial charge >= 0.3 is 0 Å². The highest BCUT2D eigenvalue weighted by molar-refractivity contribution is 5.75. The molecule has 2 unspecified atom stereocenters. The molecule has 0 amide bonds. The van der Waals surface area contributed by atoms with Crippen molar-refractivity contribution in [1.29, 1.82) is 0 Å². The molecule has 0 heterocycles. The fourth-order valence-corrected chi connectivity index (χ4v) is 1.40. The van der Waals surface area contributed by atoms with Gasteiger partial charge in [-0.1, -0.05) is 20.8 Å².